The van der Waals surface area contributed by atoms with E-state index >= 15 is 0 Å². The summed E-state index contributed by atoms with van der Waals surface area (Å²) < 4.78 is 0. The van der Waals surface area contributed by atoms with Crippen molar-refractivity contribution >= 4 is 0 Å². The van der Waals surface area contributed by atoms with Crippen LogP contribution in [0, 0.1) is 13.8 Å². The monoisotopic (exact) mass is 227 g/mol. The van der Waals surface area contributed by atoms with E-state index in [2.05, 4.69) is 29.5 Å². The average molecular weight is 227 g/mol. The Bertz CT molecular complexity index is 508. The Hall–Kier alpha value is -1.71. The van der Waals surface area contributed by atoms with E-state index in [0.29, 0.717) is 0 Å². The predicted octanol–water partition coefficient (Wildman–Crippen LogP) is 2.25. The second kappa shape index (κ2) is 5.08. The van der Waals surface area contributed by atoms with Gasteiger partial charge in [0, 0.05) is 5.69 Å². The first-order chi connectivity index (χ1) is 8.22. The summed E-state index contributed by atoms with van der Waals surface area (Å²) in [5.74, 6) is 5.67. The number of aromatic nitrogens is 1. The van der Waals surface area contributed by atoms with E-state index in [9.17, 15) is 0 Å². The van der Waals surface area contributed by atoms with Crippen LogP contribution in [0.4, 0.5) is 0 Å². The molecule has 2 aromatic rings. The van der Waals surface area contributed by atoms with Crippen LogP contribution in [0.25, 0.3) is 0 Å². The van der Waals surface area contributed by atoms with Crippen molar-refractivity contribution in [1.29, 1.82) is 0 Å². The largest absolute Gasteiger partial charge is 0.271 e. The molecule has 0 spiro atoms. The molecule has 0 aliphatic heterocycles. The zero-order valence-corrected chi connectivity index (χ0v) is 10.1. The minimum absolute atomic E-state index is 0.0592. The summed E-state index contributed by atoms with van der Waals surface area (Å²) in [6.07, 6.45) is 0. The normalized spacial score (nSPS) is 12.4. The molecule has 88 valence electrons. The van der Waals surface area contributed by atoms with Crippen molar-refractivity contribution in [2.24, 2.45) is 5.84 Å². The van der Waals surface area contributed by atoms with Gasteiger partial charge in [-0.25, -0.2) is 5.43 Å². The summed E-state index contributed by atoms with van der Waals surface area (Å²) in [6, 6.07) is 14.1. The fraction of sp³-hybridized carbons (Fsp3) is 0.214. The molecule has 1 atom stereocenters. The van der Waals surface area contributed by atoms with Gasteiger partial charge in [0.25, 0.3) is 0 Å². The van der Waals surface area contributed by atoms with E-state index in [0.717, 1.165) is 17.0 Å². The molecule has 0 saturated carbocycles. The van der Waals surface area contributed by atoms with Gasteiger partial charge in [0.1, 0.15) is 0 Å². The molecule has 3 nitrogen and oxygen atoms in total. The summed E-state index contributed by atoms with van der Waals surface area (Å²) in [4.78, 5) is 4.52. The molecule has 0 radical (unpaired) electrons. The van der Waals surface area contributed by atoms with Crippen LogP contribution in [0.5, 0.6) is 0 Å². The summed E-state index contributed by atoms with van der Waals surface area (Å²) in [5.41, 5.74) is 7.15. The van der Waals surface area contributed by atoms with E-state index in [1.54, 1.807) is 0 Å². The molecular formula is C14H17N3. The molecule has 0 fully saturated rings. The molecule has 2 rings (SSSR count). The van der Waals surface area contributed by atoms with Crippen LogP contribution < -0.4 is 11.3 Å². The zero-order valence-electron chi connectivity index (χ0n) is 10.1. The van der Waals surface area contributed by atoms with Crippen molar-refractivity contribution in [3.05, 3.63) is 65.0 Å². The van der Waals surface area contributed by atoms with Crippen molar-refractivity contribution in [3.63, 3.8) is 0 Å². The first kappa shape index (κ1) is 11.8. The standard InChI is InChI=1S/C14H17N3/c1-10-6-3-4-8-12(10)14(17-15)13-9-5-7-11(2)16-13/h3-9,14,17H,15H2,1-2H3. The Balaban J connectivity index is 2.44. The van der Waals surface area contributed by atoms with Crippen molar-refractivity contribution in [2.45, 2.75) is 19.9 Å². The zero-order chi connectivity index (χ0) is 12.3. The molecule has 0 aliphatic carbocycles. The molecule has 1 heterocycles. The van der Waals surface area contributed by atoms with Crippen LogP contribution in [-0.4, -0.2) is 4.98 Å². The lowest BCUT2D eigenvalue weighted by Gasteiger charge is -2.18. The number of nitrogens with one attached hydrogen (secondary N) is 1. The second-order valence-corrected chi connectivity index (χ2v) is 4.16. The van der Waals surface area contributed by atoms with Gasteiger partial charge in [-0.05, 0) is 37.1 Å². The van der Waals surface area contributed by atoms with Crippen LogP contribution in [0.2, 0.25) is 0 Å². The van der Waals surface area contributed by atoms with Crippen molar-refractivity contribution in [2.75, 3.05) is 0 Å². The minimum atomic E-state index is -0.0592. The van der Waals surface area contributed by atoms with E-state index < -0.39 is 0 Å². The molecule has 0 bridgehead atoms. The minimum Gasteiger partial charge on any atom is -0.271 e. The quantitative estimate of drug-likeness (QED) is 0.624. The Morgan fingerprint density at radius 1 is 1.06 bits per heavy atom. The number of pyridine rings is 1. The Morgan fingerprint density at radius 3 is 2.47 bits per heavy atom. The predicted molar refractivity (Wildman–Crippen MR) is 69.3 cm³/mol. The number of benzene rings is 1. The third-order valence-electron chi connectivity index (χ3n) is 2.87. The topological polar surface area (TPSA) is 50.9 Å². The van der Waals surface area contributed by atoms with E-state index in [1.165, 1.54) is 5.56 Å². The molecule has 1 aromatic carbocycles. The Kier molecular flexibility index (Phi) is 3.52. The Labute approximate surface area is 102 Å². The second-order valence-electron chi connectivity index (χ2n) is 4.16. The molecule has 0 saturated heterocycles. The van der Waals surface area contributed by atoms with Gasteiger partial charge in [-0.3, -0.25) is 10.8 Å². The van der Waals surface area contributed by atoms with Gasteiger partial charge in [-0.2, -0.15) is 0 Å². The van der Waals surface area contributed by atoms with Gasteiger partial charge in [-0.15, -0.1) is 0 Å². The molecule has 0 amide bonds. The lowest BCUT2D eigenvalue weighted by Crippen LogP contribution is -2.30. The number of hydrogen-bond donors (Lipinski definition) is 2. The Morgan fingerprint density at radius 2 is 1.82 bits per heavy atom. The maximum Gasteiger partial charge on any atom is 0.0884 e. The number of nitrogens with zero attached hydrogens (tertiary/aromatic N) is 1. The molecule has 1 aromatic heterocycles. The highest BCUT2D eigenvalue weighted by Crippen LogP contribution is 2.22. The van der Waals surface area contributed by atoms with Gasteiger partial charge in [0.2, 0.25) is 0 Å². The number of aryl methyl sites for hydroxylation is 2. The fourth-order valence-electron chi connectivity index (χ4n) is 1.97. The van der Waals surface area contributed by atoms with Gasteiger partial charge in [0.15, 0.2) is 0 Å². The highest BCUT2D eigenvalue weighted by Gasteiger charge is 2.15. The van der Waals surface area contributed by atoms with E-state index in [-0.39, 0.29) is 6.04 Å². The summed E-state index contributed by atoms with van der Waals surface area (Å²) in [5, 5.41) is 0. The molecular weight excluding hydrogens is 210 g/mol. The van der Waals surface area contributed by atoms with Crippen LogP contribution in [0.3, 0.4) is 0 Å². The highest BCUT2D eigenvalue weighted by molar-refractivity contribution is 5.34. The maximum atomic E-state index is 5.67. The van der Waals surface area contributed by atoms with Crippen molar-refractivity contribution < 1.29 is 0 Å². The molecule has 3 N–H and O–H groups in total. The number of rotatable bonds is 3. The molecule has 17 heavy (non-hydrogen) atoms. The van der Waals surface area contributed by atoms with Crippen LogP contribution >= 0.6 is 0 Å². The smallest absolute Gasteiger partial charge is 0.0884 e. The van der Waals surface area contributed by atoms with Crippen molar-refractivity contribution in [1.82, 2.24) is 10.4 Å². The first-order valence-electron chi connectivity index (χ1n) is 5.67. The van der Waals surface area contributed by atoms with Crippen LogP contribution in [0.1, 0.15) is 28.6 Å². The SMILES string of the molecule is Cc1cccc(C(NN)c2ccccc2C)n1. The summed E-state index contributed by atoms with van der Waals surface area (Å²) in [7, 11) is 0. The molecule has 3 heteroatoms. The lowest BCUT2D eigenvalue weighted by atomic mass is 9.99. The van der Waals surface area contributed by atoms with Gasteiger partial charge in [-0.1, -0.05) is 30.3 Å². The highest BCUT2D eigenvalue weighted by atomic mass is 15.2. The average Bonchev–Trinajstić information content (AvgIpc) is 2.33. The van der Waals surface area contributed by atoms with Gasteiger partial charge >= 0.3 is 0 Å². The summed E-state index contributed by atoms with van der Waals surface area (Å²) in [6.45, 7) is 4.06. The van der Waals surface area contributed by atoms with Crippen molar-refractivity contribution in [3.8, 4) is 0 Å². The van der Waals surface area contributed by atoms with E-state index in [1.807, 2.05) is 37.3 Å². The maximum absolute atomic E-state index is 5.67. The van der Waals surface area contributed by atoms with Crippen LogP contribution in [0.15, 0.2) is 42.5 Å². The molecule has 0 aliphatic rings. The lowest BCUT2D eigenvalue weighted by molar-refractivity contribution is 0.616. The fourth-order valence-corrected chi connectivity index (χ4v) is 1.97. The number of nitrogens with two attached hydrogens (primary N) is 1. The number of hydrogen-bond acceptors (Lipinski definition) is 3. The first-order valence-corrected chi connectivity index (χ1v) is 5.67. The van der Waals surface area contributed by atoms with Crippen LogP contribution in [-0.2, 0) is 0 Å². The van der Waals surface area contributed by atoms with E-state index in [4.69, 9.17) is 5.84 Å². The summed E-state index contributed by atoms with van der Waals surface area (Å²) >= 11 is 0. The van der Waals surface area contributed by atoms with Gasteiger partial charge in [0.05, 0.1) is 11.7 Å². The molecule has 1 unspecified atom stereocenters. The number of hydrazine groups is 1. The third-order valence-corrected chi connectivity index (χ3v) is 2.87. The van der Waals surface area contributed by atoms with Gasteiger partial charge < -0.3 is 0 Å². The third kappa shape index (κ3) is 2.52.